The molecule has 1 N–H and O–H groups in total. The number of anilines is 2. The molecule has 2 aromatic rings. The lowest BCUT2D eigenvalue weighted by molar-refractivity contribution is -0.122. The number of amides is 2. The Kier molecular flexibility index (Phi) is 4.58. The molecule has 0 radical (unpaired) electrons. The van der Waals surface area contributed by atoms with E-state index in [2.05, 4.69) is 5.32 Å². The van der Waals surface area contributed by atoms with Crippen LogP contribution in [0, 0.1) is 5.92 Å². The van der Waals surface area contributed by atoms with E-state index < -0.39 is 5.92 Å². The molecule has 7 heteroatoms. The first kappa shape index (κ1) is 17.2. The van der Waals surface area contributed by atoms with Gasteiger partial charge in [-0.05, 0) is 43.3 Å². The van der Waals surface area contributed by atoms with E-state index in [4.69, 9.17) is 14.2 Å². The number of rotatable bonds is 5. The standard InChI is InChI=1S/C20H20N2O5/c1-2-25-16-6-4-15(5-7-16)22-11-13(9-19(22)23)20(24)21-14-3-8-17-18(10-14)27-12-26-17/h3-8,10,13H,2,9,11-12H2,1H3,(H,21,24)/t13-/m0/s1. The minimum absolute atomic E-state index is 0.0648. The molecule has 1 fully saturated rings. The lowest BCUT2D eigenvalue weighted by atomic mass is 10.1. The maximum Gasteiger partial charge on any atom is 0.231 e. The highest BCUT2D eigenvalue weighted by Crippen LogP contribution is 2.34. The van der Waals surface area contributed by atoms with Gasteiger partial charge in [0.15, 0.2) is 11.5 Å². The molecule has 0 saturated carbocycles. The molecule has 4 rings (SSSR count). The van der Waals surface area contributed by atoms with Crippen molar-refractivity contribution in [3.05, 3.63) is 42.5 Å². The summed E-state index contributed by atoms with van der Waals surface area (Å²) < 4.78 is 16.0. The number of nitrogens with zero attached hydrogens (tertiary/aromatic N) is 1. The van der Waals surface area contributed by atoms with Crippen LogP contribution in [0.25, 0.3) is 0 Å². The maximum absolute atomic E-state index is 12.6. The Labute approximate surface area is 156 Å². The molecule has 0 unspecified atom stereocenters. The van der Waals surface area contributed by atoms with Gasteiger partial charge in [0.25, 0.3) is 0 Å². The highest BCUT2D eigenvalue weighted by Gasteiger charge is 2.35. The third-order valence-corrected chi connectivity index (χ3v) is 4.60. The number of nitrogens with one attached hydrogen (secondary N) is 1. The van der Waals surface area contributed by atoms with Crippen molar-refractivity contribution < 1.29 is 23.8 Å². The SMILES string of the molecule is CCOc1ccc(N2C[C@@H](C(=O)Nc3ccc4c(c3)OCO4)CC2=O)cc1. The second kappa shape index (κ2) is 7.19. The van der Waals surface area contributed by atoms with E-state index in [-0.39, 0.29) is 25.0 Å². The molecule has 1 atom stereocenters. The van der Waals surface area contributed by atoms with Crippen LogP contribution < -0.4 is 24.4 Å². The molecule has 27 heavy (non-hydrogen) atoms. The Hall–Kier alpha value is -3.22. The third kappa shape index (κ3) is 3.53. The van der Waals surface area contributed by atoms with Gasteiger partial charge in [-0.1, -0.05) is 0 Å². The largest absolute Gasteiger partial charge is 0.494 e. The van der Waals surface area contributed by atoms with Crippen molar-refractivity contribution >= 4 is 23.2 Å². The minimum Gasteiger partial charge on any atom is -0.494 e. The second-order valence-electron chi connectivity index (χ2n) is 6.39. The maximum atomic E-state index is 12.6. The molecular formula is C20H20N2O5. The average Bonchev–Trinajstić information content (AvgIpc) is 3.29. The summed E-state index contributed by atoms with van der Waals surface area (Å²) in [4.78, 5) is 26.6. The molecule has 0 aliphatic carbocycles. The summed E-state index contributed by atoms with van der Waals surface area (Å²) >= 11 is 0. The number of ether oxygens (including phenoxy) is 3. The van der Waals surface area contributed by atoms with Gasteiger partial charge in [-0.2, -0.15) is 0 Å². The number of benzene rings is 2. The quantitative estimate of drug-likeness (QED) is 0.878. The normalized spacial score (nSPS) is 17.9. The predicted octanol–water partition coefficient (Wildman–Crippen LogP) is 2.81. The van der Waals surface area contributed by atoms with Crippen molar-refractivity contribution in [2.24, 2.45) is 5.92 Å². The molecule has 1 saturated heterocycles. The monoisotopic (exact) mass is 368 g/mol. The summed E-state index contributed by atoms with van der Waals surface area (Å²) in [5.74, 6) is 1.36. The Morgan fingerprint density at radius 3 is 2.74 bits per heavy atom. The summed E-state index contributed by atoms with van der Waals surface area (Å²) in [5.41, 5.74) is 1.39. The van der Waals surface area contributed by atoms with Crippen molar-refractivity contribution in [2.75, 3.05) is 30.2 Å². The molecule has 2 heterocycles. The zero-order chi connectivity index (χ0) is 18.8. The van der Waals surface area contributed by atoms with E-state index in [1.54, 1.807) is 23.1 Å². The highest BCUT2D eigenvalue weighted by atomic mass is 16.7. The minimum atomic E-state index is -0.408. The summed E-state index contributed by atoms with van der Waals surface area (Å²) in [5, 5.41) is 2.86. The van der Waals surface area contributed by atoms with Crippen molar-refractivity contribution in [1.82, 2.24) is 0 Å². The van der Waals surface area contributed by atoms with Gasteiger partial charge in [-0.3, -0.25) is 9.59 Å². The summed E-state index contributed by atoms with van der Waals surface area (Å²) in [6.45, 7) is 3.04. The lowest BCUT2D eigenvalue weighted by Gasteiger charge is -2.17. The first-order valence-corrected chi connectivity index (χ1v) is 8.88. The molecule has 7 nitrogen and oxygen atoms in total. The third-order valence-electron chi connectivity index (χ3n) is 4.60. The smallest absolute Gasteiger partial charge is 0.231 e. The first-order chi connectivity index (χ1) is 13.1. The number of hydrogen-bond donors (Lipinski definition) is 1. The Morgan fingerprint density at radius 1 is 1.19 bits per heavy atom. The van der Waals surface area contributed by atoms with Crippen LogP contribution >= 0.6 is 0 Å². The zero-order valence-electron chi connectivity index (χ0n) is 14.9. The van der Waals surface area contributed by atoms with Gasteiger partial charge in [0.05, 0.1) is 12.5 Å². The van der Waals surface area contributed by atoms with E-state index >= 15 is 0 Å². The lowest BCUT2D eigenvalue weighted by Crippen LogP contribution is -2.28. The van der Waals surface area contributed by atoms with Crippen LogP contribution in [0.4, 0.5) is 11.4 Å². The molecule has 2 amide bonds. The van der Waals surface area contributed by atoms with E-state index in [1.807, 2.05) is 31.2 Å². The van der Waals surface area contributed by atoms with Gasteiger partial charge in [-0.15, -0.1) is 0 Å². The first-order valence-electron chi connectivity index (χ1n) is 8.88. The summed E-state index contributed by atoms with van der Waals surface area (Å²) in [6.07, 6.45) is 0.184. The van der Waals surface area contributed by atoms with Crippen LogP contribution in [0.15, 0.2) is 42.5 Å². The fourth-order valence-corrected chi connectivity index (χ4v) is 3.24. The van der Waals surface area contributed by atoms with E-state index in [0.29, 0.717) is 30.3 Å². The fourth-order valence-electron chi connectivity index (χ4n) is 3.24. The zero-order valence-corrected chi connectivity index (χ0v) is 14.9. The van der Waals surface area contributed by atoms with Crippen LogP contribution in [0.1, 0.15) is 13.3 Å². The number of carbonyl (C=O) groups excluding carboxylic acids is 2. The fraction of sp³-hybridized carbons (Fsp3) is 0.300. The van der Waals surface area contributed by atoms with Gasteiger partial charge >= 0.3 is 0 Å². The van der Waals surface area contributed by atoms with Gasteiger partial charge < -0.3 is 24.4 Å². The van der Waals surface area contributed by atoms with Gasteiger partial charge in [0, 0.05) is 30.4 Å². The molecular weight excluding hydrogens is 348 g/mol. The van der Waals surface area contributed by atoms with Crippen LogP contribution in [0.5, 0.6) is 17.2 Å². The molecule has 0 aromatic heterocycles. The highest BCUT2D eigenvalue weighted by molar-refractivity contribution is 6.03. The second-order valence-corrected chi connectivity index (χ2v) is 6.39. The molecule has 0 bridgehead atoms. The summed E-state index contributed by atoms with van der Waals surface area (Å²) in [7, 11) is 0. The van der Waals surface area contributed by atoms with Crippen molar-refractivity contribution in [3.63, 3.8) is 0 Å². The Bertz CT molecular complexity index is 865. The van der Waals surface area contributed by atoms with Crippen LogP contribution in [-0.4, -0.2) is 31.8 Å². The van der Waals surface area contributed by atoms with Crippen LogP contribution in [0.3, 0.4) is 0 Å². The van der Waals surface area contributed by atoms with Crippen molar-refractivity contribution in [3.8, 4) is 17.2 Å². The predicted molar refractivity (Wildman–Crippen MR) is 99.3 cm³/mol. The van der Waals surface area contributed by atoms with Crippen molar-refractivity contribution in [1.29, 1.82) is 0 Å². The molecule has 140 valence electrons. The average molecular weight is 368 g/mol. The molecule has 2 aromatic carbocycles. The van der Waals surface area contributed by atoms with E-state index in [9.17, 15) is 9.59 Å². The summed E-state index contributed by atoms with van der Waals surface area (Å²) in [6, 6.07) is 12.6. The van der Waals surface area contributed by atoms with Gasteiger partial charge in [0.2, 0.25) is 18.6 Å². The number of fused-ring (bicyclic) bond motifs is 1. The molecule has 2 aliphatic heterocycles. The van der Waals surface area contributed by atoms with Crippen molar-refractivity contribution in [2.45, 2.75) is 13.3 Å². The van der Waals surface area contributed by atoms with Crippen LogP contribution in [-0.2, 0) is 9.59 Å². The van der Waals surface area contributed by atoms with Gasteiger partial charge in [-0.25, -0.2) is 0 Å². The molecule has 2 aliphatic rings. The van der Waals surface area contributed by atoms with E-state index in [1.165, 1.54) is 0 Å². The Morgan fingerprint density at radius 2 is 1.96 bits per heavy atom. The number of hydrogen-bond acceptors (Lipinski definition) is 5. The van der Waals surface area contributed by atoms with Crippen LogP contribution in [0.2, 0.25) is 0 Å². The topological polar surface area (TPSA) is 77.1 Å². The number of carbonyl (C=O) groups is 2. The Balaban J connectivity index is 1.41. The van der Waals surface area contributed by atoms with Gasteiger partial charge in [0.1, 0.15) is 5.75 Å². The molecule has 0 spiro atoms. The van der Waals surface area contributed by atoms with E-state index in [0.717, 1.165) is 11.4 Å².